The van der Waals surface area contributed by atoms with E-state index in [2.05, 4.69) is 0 Å². The molecule has 3 rings (SSSR count). The van der Waals surface area contributed by atoms with Gasteiger partial charge in [0.15, 0.2) is 5.75 Å². The summed E-state index contributed by atoms with van der Waals surface area (Å²) in [5.74, 6) is 0.123. The lowest BCUT2D eigenvalue weighted by molar-refractivity contribution is -0.386. The van der Waals surface area contributed by atoms with Crippen molar-refractivity contribution in [3.8, 4) is 5.75 Å². The number of aliphatic hydroxyl groups excluding tert-OH is 1. The zero-order valence-electron chi connectivity index (χ0n) is 11.2. The molecular weight excluding hydrogens is 317 g/mol. The molecule has 7 heteroatoms. The third-order valence-corrected chi connectivity index (χ3v) is 5.47. The van der Waals surface area contributed by atoms with E-state index in [1.54, 1.807) is 0 Å². The van der Waals surface area contributed by atoms with Crippen LogP contribution in [0.1, 0.15) is 32.1 Å². The Bertz CT molecular complexity index is 587. The molecule has 21 heavy (non-hydrogen) atoms. The van der Waals surface area contributed by atoms with Gasteiger partial charge in [0.05, 0.1) is 21.1 Å². The molecule has 2 atom stereocenters. The Balaban J connectivity index is 1.88. The van der Waals surface area contributed by atoms with Crippen LogP contribution in [0.25, 0.3) is 0 Å². The fourth-order valence-electron chi connectivity index (χ4n) is 3.49. The zero-order chi connectivity index (χ0) is 15.2. The molecule has 0 heterocycles. The van der Waals surface area contributed by atoms with E-state index in [4.69, 9.17) is 27.9 Å². The minimum atomic E-state index is -0.534. The lowest BCUT2D eigenvalue weighted by Gasteiger charge is -2.50. The highest BCUT2D eigenvalue weighted by Gasteiger charge is 2.57. The molecule has 2 unspecified atom stereocenters. The monoisotopic (exact) mass is 331 g/mol. The number of halogens is 2. The van der Waals surface area contributed by atoms with Gasteiger partial charge in [0.2, 0.25) is 0 Å². The van der Waals surface area contributed by atoms with E-state index in [1.165, 1.54) is 12.1 Å². The first kappa shape index (κ1) is 14.9. The van der Waals surface area contributed by atoms with Gasteiger partial charge >= 0.3 is 5.69 Å². The van der Waals surface area contributed by atoms with Crippen LogP contribution in [0.5, 0.6) is 5.75 Å². The van der Waals surface area contributed by atoms with Crippen molar-refractivity contribution in [1.82, 2.24) is 0 Å². The van der Waals surface area contributed by atoms with Crippen molar-refractivity contribution in [3.63, 3.8) is 0 Å². The van der Waals surface area contributed by atoms with Gasteiger partial charge in [-0.05, 0) is 12.8 Å². The maximum atomic E-state index is 11.1. The second kappa shape index (κ2) is 5.30. The van der Waals surface area contributed by atoms with E-state index in [1.807, 2.05) is 0 Å². The number of aliphatic hydroxyl groups is 1. The molecule has 2 aliphatic rings. The number of nitro benzene ring substituents is 1. The molecule has 0 amide bonds. The van der Waals surface area contributed by atoms with Crippen LogP contribution in [0.15, 0.2) is 12.1 Å². The molecule has 2 aliphatic carbocycles. The number of nitro groups is 1. The van der Waals surface area contributed by atoms with Gasteiger partial charge < -0.3 is 9.84 Å². The fourth-order valence-corrected chi connectivity index (χ4v) is 3.80. The normalized spacial score (nSPS) is 26.6. The third kappa shape index (κ3) is 2.37. The van der Waals surface area contributed by atoms with Crippen molar-refractivity contribution >= 4 is 28.9 Å². The Morgan fingerprint density at radius 1 is 1.29 bits per heavy atom. The topological polar surface area (TPSA) is 72.6 Å². The van der Waals surface area contributed by atoms with Crippen LogP contribution in [0.2, 0.25) is 10.0 Å². The second-order valence-electron chi connectivity index (χ2n) is 5.79. The highest BCUT2D eigenvalue weighted by Crippen LogP contribution is 2.55. The van der Waals surface area contributed by atoms with E-state index in [-0.39, 0.29) is 39.1 Å². The molecule has 1 aromatic carbocycles. The summed E-state index contributed by atoms with van der Waals surface area (Å²) in [6, 6.07) is 2.59. The van der Waals surface area contributed by atoms with Gasteiger partial charge in [-0.15, -0.1) is 0 Å². The fraction of sp³-hybridized carbons (Fsp3) is 0.571. The van der Waals surface area contributed by atoms with Crippen LogP contribution in [-0.4, -0.2) is 22.2 Å². The molecule has 0 aromatic heterocycles. The number of nitrogens with zero attached hydrogens (tertiary/aromatic N) is 1. The molecule has 0 radical (unpaired) electrons. The average molecular weight is 332 g/mol. The second-order valence-corrected chi connectivity index (χ2v) is 6.60. The highest BCUT2D eigenvalue weighted by atomic mass is 35.5. The summed E-state index contributed by atoms with van der Waals surface area (Å²) in [4.78, 5) is 10.6. The standard InChI is InChI=1S/C14H15Cl2NO4/c15-8-5-10(17(19)20)11(6-9(8)16)21-13-7-12(18)14(13)3-1-2-4-14/h5-6,12-13,18H,1-4,7H2. The lowest BCUT2D eigenvalue weighted by Crippen LogP contribution is -2.58. The summed E-state index contributed by atoms with van der Waals surface area (Å²) < 4.78 is 5.84. The molecule has 0 bridgehead atoms. The van der Waals surface area contributed by atoms with Crippen LogP contribution in [0.3, 0.4) is 0 Å². The largest absolute Gasteiger partial charge is 0.483 e. The van der Waals surface area contributed by atoms with E-state index < -0.39 is 4.92 Å². The minimum absolute atomic E-state index is 0.123. The van der Waals surface area contributed by atoms with Gasteiger partial charge in [-0.2, -0.15) is 0 Å². The van der Waals surface area contributed by atoms with Crippen LogP contribution < -0.4 is 4.74 Å². The number of hydrogen-bond donors (Lipinski definition) is 1. The quantitative estimate of drug-likeness (QED) is 0.671. The number of hydrogen-bond acceptors (Lipinski definition) is 4. The van der Waals surface area contributed by atoms with Crippen molar-refractivity contribution in [3.05, 3.63) is 32.3 Å². The lowest BCUT2D eigenvalue weighted by atomic mass is 9.62. The highest BCUT2D eigenvalue weighted by molar-refractivity contribution is 6.42. The summed E-state index contributed by atoms with van der Waals surface area (Å²) >= 11 is 11.8. The van der Waals surface area contributed by atoms with E-state index in [9.17, 15) is 15.2 Å². The smallest absolute Gasteiger partial charge is 0.312 e. The number of benzene rings is 1. The van der Waals surface area contributed by atoms with Crippen molar-refractivity contribution in [1.29, 1.82) is 0 Å². The van der Waals surface area contributed by atoms with Gasteiger partial charge in [-0.25, -0.2) is 0 Å². The molecule has 1 N–H and O–H groups in total. The number of rotatable bonds is 3. The van der Waals surface area contributed by atoms with Crippen molar-refractivity contribution in [2.75, 3.05) is 0 Å². The van der Waals surface area contributed by atoms with E-state index >= 15 is 0 Å². The maximum Gasteiger partial charge on any atom is 0.312 e. The average Bonchev–Trinajstić information content (AvgIpc) is 2.94. The van der Waals surface area contributed by atoms with Crippen LogP contribution in [0.4, 0.5) is 5.69 Å². The SMILES string of the molecule is O=[N+]([O-])c1cc(Cl)c(Cl)cc1OC1CC(O)C12CCCC2. The first-order valence-electron chi connectivity index (χ1n) is 6.92. The summed E-state index contributed by atoms with van der Waals surface area (Å²) in [5, 5.41) is 21.5. The van der Waals surface area contributed by atoms with Crippen LogP contribution >= 0.6 is 23.2 Å². The zero-order valence-corrected chi connectivity index (χ0v) is 12.7. The van der Waals surface area contributed by atoms with Gasteiger partial charge in [-0.1, -0.05) is 36.0 Å². The first-order valence-corrected chi connectivity index (χ1v) is 7.68. The Hall–Kier alpha value is -1.04. The van der Waals surface area contributed by atoms with E-state index in [0.717, 1.165) is 25.7 Å². The van der Waals surface area contributed by atoms with Crippen molar-refractivity contribution in [2.24, 2.45) is 5.41 Å². The minimum Gasteiger partial charge on any atom is -0.483 e. The molecular formula is C14H15Cl2NO4. The molecule has 1 spiro atoms. The molecule has 114 valence electrons. The summed E-state index contributed by atoms with van der Waals surface area (Å²) in [5.41, 5.74) is -0.445. The van der Waals surface area contributed by atoms with Crippen LogP contribution in [-0.2, 0) is 0 Å². The van der Waals surface area contributed by atoms with Gasteiger partial charge in [0.25, 0.3) is 0 Å². The summed E-state index contributed by atoms with van der Waals surface area (Å²) in [6.07, 6.45) is 3.82. The van der Waals surface area contributed by atoms with Gasteiger partial charge in [0, 0.05) is 24.0 Å². The van der Waals surface area contributed by atoms with Crippen LogP contribution in [0, 0.1) is 15.5 Å². The van der Waals surface area contributed by atoms with Crippen molar-refractivity contribution in [2.45, 2.75) is 44.3 Å². The van der Waals surface area contributed by atoms with Crippen molar-refractivity contribution < 1.29 is 14.8 Å². The molecule has 0 saturated heterocycles. The third-order valence-electron chi connectivity index (χ3n) is 4.74. The molecule has 1 aromatic rings. The molecule has 0 aliphatic heterocycles. The Kier molecular flexibility index (Phi) is 3.76. The first-order chi connectivity index (χ1) is 9.94. The van der Waals surface area contributed by atoms with Gasteiger partial charge in [0.1, 0.15) is 6.10 Å². The predicted molar refractivity (Wildman–Crippen MR) is 79.1 cm³/mol. The van der Waals surface area contributed by atoms with Gasteiger partial charge in [-0.3, -0.25) is 10.1 Å². The van der Waals surface area contributed by atoms with E-state index in [0.29, 0.717) is 6.42 Å². The molecule has 2 fully saturated rings. The molecule has 5 nitrogen and oxygen atoms in total. The Labute approximate surface area is 132 Å². The number of ether oxygens (including phenoxy) is 1. The molecule has 2 saturated carbocycles. The Morgan fingerprint density at radius 2 is 1.90 bits per heavy atom. The maximum absolute atomic E-state index is 11.1. The Morgan fingerprint density at radius 3 is 2.48 bits per heavy atom. The summed E-state index contributed by atoms with van der Waals surface area (Å²) in [7, 11) is 0. The predicted octanol–water partition coefficient (Wildman–Crippen LogP) is 3.97. The summed E-state index contributed by atoms with van der Waals surface area (Å²) in [6.45, 7) is 0.